The summed E-state index contributed by atoms with van der Waals surface area (Å²) in [6.45, 7) is 11.0. The fourth-order valence-corrected chi connectivity index (χ4v) is 1.85. The van der Waals surface area contributed by atoms with E-state index in [2.05, 4.69) is 58.1 Å². The quantitative estimate of drug-likeness (QED) is 0.840. The number of hydrogen-bond donors (Lipinski definition) is 1. The number of rotatable bonds is 5. The molecule has 0 heterocycles. The first-order valence-corrected chi connectivity index (χ1v) is 6.36. The predicted octanol–water partition coefficient (Wildman–Crippen LogP) is 3.70. The monoisotopic (exact) mass is 235 g/mol. The highest BCUT2D eigenvalue weighted by Gasteiger charge is 2.15. The third-order valence-corrected chi connectivity index (χ3v) is 3.37. The normalized spacial score (nSPS) is 14.8. The number of aryl methyl sites for hydroxylation is 1. The molecule has 0 bridgehead atoms. The second-order valence-electron chi connectivity index (χ2n) is 5.17. The topological polar surface area (TPSA) is 21.3 Å². The van der Waals surface area contributed by atoms with Crippen LogP contribution in [0.2, 0.25) is 0 Å². The molecule has 0 amide bonds. The van der Waals surface area contributed by atoms with Gasteiger partial charge in [0.15, 0.2) is 0 Å². The lowest BCUT2D eigenvalue weighted by atomic mass is 10.0. The first-order chi connectivity index (χ1) is 7.95. The molecule has 1 N–H and O–H groups in total. The molecule has 0 spiro atoms. The van der Waals surface area contributed by atoms with Crippen LogP contribution in [0.3, 0.4) is 0 Å². The smallest absolute Gasteiger partial charge is 0.123 e. The average molecular weight is 235 g/mol. The highest BCUT2D eigenvalue weighted by atomic mass is 16.5. The summed E-state index contributed by atoms with van der Waals surface area (Å²) in [7, 11) is 1.73. The van der Waals surface area contributed by atoms with Crippen molar-refractivity contribution < 1.29 is 4.74 Å². The van der Waals surface area contributed by atoms with Crippen molar-refractivity contribution in [2.75, 3.05) is 7.11 Å². The second-order valence-corrected chi connectivity index (χ2v) is 5.17. The van der Waals surface area contributed by atoms with Gasteiger partial charge in [-0.2, -0.15) is 0 Å². The summed E-state index contributed by atoms with van der Waals surface area (Å²) in [5.74, 6) is 1.61. The molecule has 1 rings (SSSR count). The molecule has 0 radical (unpaired) electrons. The molecule has 0 saturated carbocycles. The van der Waals surface area contributed by atoms with Gasteiger partial charge in [-0.05, 0) is 38.3 Å². The molecule has 17 heavy (non-hydrogen) atoms. The molecule has 0 aliphatic rings. The number of nitrogens with one attached hydrogen (secondary N) is 1. The van der Waals surface area contributed by atoms with Crippen molar-refractivity contribution in [1.82, 2.24) is 5.32 Å². The summed E-state index contributed by atoms with van der Waals surface area (Å²) < 4.78 is 5.45. The summed E-state index contributed by atoms with van der Waals surface area (Å²) in [6, 6.07) is 7.18. The highest BCUT2D eigenvalue weighted by molar-refractivity contribution is 5.39. The molecule has 96 valence electrons. The van der Waals surface area contributed by atoms with Crippen LogP contribution in [0.1, 0.15) is 44.9 Å². The lowest BCUT2D eigenvalue weighted by Crippen LogP contribution is -2.33. The Morgan fingerprint density at radius 1 is 1.12 bits per heavy atom. The Morgan fingerprint density at radius 3 is 2.29 bits per heavy atom. The molecular formula is C15H25NO. The van der Waals surface area contributed by atoms with Crippen molar-refractivity contribution in [3.63, 3.8) is 0 Å². The third-order valence-electron chi connectivity index (χ3n) is 3.37. The van der Waals surface area contributed by atoms with Crippen molar-refractivity contribution in [3.8, 4) is 5.75 Å². The zero-order chi connectivity index (χ0) is 13.0. The van der Waals surface area contributed by atoms with Crippen molar-refractivity contribution >= 4 is 0 Å². The minimum absolute atomic E-state index is 0.308. The van der Waals surface area contributed by atoms with E-state index in [0.717, 1.165) is 5.75 Å². The first kappa shape index (κ1) is 14.0. The zero-order valence-electron chi connectivity index (χ0n) is 11.9. The van der Waals surface area contributed by atoms with E-state index < -0.39 is 0 Å². The SMILES string of the molecule is COc1cc(C)ccc1C(C)NC(C)C(C)C. The van der Waals surface area contributed by atoms with Crippen LogP contribution in [0, 0.1) is 12.8 Å². The maximum Gasteiger partial charge on any atom is 0.123 e. The van der Waals surface area contributed by atoms with E-state index in [1.54, 1.807) is 7.11 Å². The molecule has 0 fully saturated rings. The molecule has 2 atom stereocenters. The molecule has 0 aromatic heterocycles. The lowest BCUT2D eigenvalue weighted by molar-refractivity contribution is 0.369. The minimum atomic E-state index is 0.308. The maximum atomic E-state index is 5.45. The van der Waals surface area contributed by atoms with Gasteiger partial charge in [0.1, 0.15) is 5.75 Å². The van der Waals surface area contributed by atoms with Gasteiger partial charge < -0.3 is 10.1 Å². The van der Waals surface area contributed by atoms with Gasteiger partial charge in [-0.1, -0.05) is 26.0 Å². The van der Waals surface area contributed by atoms with Gasteiger partial charge in [0.25, 0.3) is 0 Å². The Bertz CT molecular complexity index is 360. The highest BCUT2D eigenvalue weighted by Crippen LogP contribution is 2.26. The van der Waals surface area contributed by atoms with Gasteiger partial charge in [-0.15, -0.1) is 0 Å². The van der Waals surface area contributed by atoms with Crippen molar-refractivity contribution in [3.05, 3.63) is 29.3 Å². The summed E-state index contributed by atoms with van der Waals surface area (Å²) in [6.07, 6.45) is 0. The Balaban J connectivity index is 2.84. The van der Waals surface area contributed by atoms with Crippen LogP contribution >= 0.6 is 0 Å². The summed E-state index contributed by atoms with van der Waals surface area (Å²) >= 11 is 0. The number of ether oxygens (including phenoxy) is 1. The Hall–Kier alpha value is -1.02. The van der Waals surface area contributed by atoms with Crippen molar-refractivity contribution in [1.29, 1.82) is 0 Å². The third kappa shape index (κ3) is 3.74. The van der Waals surface area contributed by atoms with Crippen LogP contribution in [0.5, 0.6) is 5.75 Å². The van der Waals surface area contributed by atoms with Crippen LogP contribution in [0.4, 0.5) is 0 Å². The van der Waals surface area contributed by atoms with Gasteiger partial charge >= 0.3 is 0 Å². The van der Waals surface area contributed by atoms with E-state index in [1.165, 1.54) is 11.1 Å². The number of hydrogen-bond acceptors (Lipinski definition) is 2. The standard InChI is InChI=1S/C15H25NO/c1-10(2)12(4)16-13(5)14-8-7-11(3)9-15(14)17-6/h7-10,12-13,16H,1-6H3. The molecular weight excluding hydrogens is 210 g/mol. The molecule has 2 heteroatoms. The van der Waals surface area contributed by atoms with E-state index >= 15 is 0 Å². The molecule has 2 nitrogen and oxygen atoms in total. The minimum Gasteiger partial charge on any atom is -0.496 e. The summed E-state index contributed by atoms with van der Waals surface area (Å²) in [5.41, 5.74) is 2.46. The van der Waals surface area contributed by atoms with E-state index in [4.69, 9.17) is 4.74 Å². The van der Waals surface area contributed by atoms with Gasteiger partial charge in [0.05, 0.1) is 7.11 Å². The molecule has 0 aliphatic carbocycles. The zero-order valence-corrected chi connectivity index (χ0v) is 11.9. The molecule has 1 aromatic rings. The van der Waals surface area contributed by atoms with Crippen LogP contribution < -0.4 is 10.1 Å². The fraction of sp³-hybridized carbons (Fsp3) is 0.600. The van der Waals surface area contributed by atoms with E-state index in [0.29, 0.717) is 18.0 Å². The van der Waals surface area contributed by atoms with Crippen LogP contribution in [0.25, 0.3) is 0 Å². The van der Waals surface area contributed by atoms with Crippen molar-refractivity contribution in [2.24, 2.45) is 5.92 Å². The second kappa shape index (κ2) is 6.06. The molecule has 1 aromatic carbocycles. The van der Waals surface area contributed by atoms with Gasteiger partial charge in [0, 0.05) is 17.6 Å². The molecule has 2 unspecified atom stereocenters. The van der Waals surface area contributed by atoms with E-state index in [1.807, 2.05) is 0 Å². The Kier molecular flexibility index (Phi) is 5.01. The van der Waals surface area contributed by atoms with Gasteiger partial charge in [-0.25, -0.2) is 0 Å². The van der Waals surface area contributed by atoms with Gasteiger partial charge in [0.2, 0.25) is 0 Å². The molecule has 0 aliphatic heterocycles. The van der Waals surface area contributed by atoms with E-state index in [9.17, 15) is 0 Å². The average Bonchev–Trinajstić information content (AvgIpc) is 2.28. The maximum absolute atomic E-state index is 5.45. The Morgan fingerprint density at radius 2 is 1.76 bits per heavy atom. The largest absolute Gasteiger partial charge is 0.496 e. The number of benzene rings is 1. The first-order valence-electron chi connectivity index (χ1n) is 6.36. The van der Waals surface area contributed by atoms with Crippen LogP contribution in [-0.4, -0.2) is 13.2 Å². The fourth-order valence-electron chi connectivity index (χ4n) is 1.85. The van der Waals surface area contributed by atoms with Crippen LogP contribution in [0.15, 0.2) is 18.2 Å². The summed E-state index contributed by atoms with van der Waals surface area (Å²) in [5, 5.41) is 3.61. The van der Waals surface area contributed by atoms with Crippen LogP contribution in [-0.2, 0) is 0 Å². The number of methoxy groups -OCH3 is 1. The Labute approximate surface area is 105 Å². The predicted molar refractivity (Wildman–Crippen MR) is 73.6 cm³/mol. The summed E-state index contributed by atoms with van der Waals surface area (Å²) in [4.78, 5) is 0. The van der Waals surface area contributed by atoms with E-state index in [-0.39, 0.29) is 0 Å². The van der Waals surface area contributed by atoms with Gasteiger partial charge in [-0.3, -0.25) is 0 Å². The van der Waals surface area contributed by atoms with Crippen molar-refractivity contribution in [2.45, 2.75) is 46.7 Å². The molecule has 0 saturated heterocycles. The lowest BCUT2D eigenvalue weighted by Gasteiger charge is -2.24.